The number of anilines is 3. The molecule has 0 unspecified atom stereocenters. The number of fused-ring (bicyclic) bond motifs is 4. The summed E-state index contributed by atoms with van der Waals surface area (Å²) in [6.45, 7) is 0. The molecule has 1 heterocycles. The molecule has 0 spiro atoms. The van der Waals surface area contributed by atoms with E-state index in [1.54, 1.807) is 0 Å². The lowest BCUT2D eigenvalue weighted by atomic mass is 9.95. The fraction of sp³-hybridized carbons (Fsp3) is 0. The summed E-state index contributed by atoms with van der Waals surface area (Å²) in [6.07, 6.45) is 0. The Hall–Kier alpha value is -8.72. The zero-order valence-corrected chi connectivity index (χ0v) is 36.2. The molecule has 0 radical (unpaired) electrons. The Bertz CT molecular complexity index is 3660. The van der Waals surface area contributed by atoms with Crippen LogP contribution < -0.4 is 4.90 Å². The van der Waals surface area contributed by atoms with Gasteiger partial charge in [-0.15, -0.1) is 0 Å². The van der Waals surface area contributed by atoms with Crippen molar-refractivity contribution in [3.8, 4) is 66.8 Å². The van der Waals surface area contributed by atoms with Crippen LogP contribution in [0.1, 0.15) is 0 Å². The number of rotatable bonds is 9. The minimum atomic E-state index is 0.902. The van der Waals surface area contributed by atoms with Gasteiger partial charge < -0.3 is 9.32 Å². The van der Waals surface area contributed by atoms with Crippen LogP contribution >= 0.6 is 0 Å². The molecule has 0 N–H and O–H groups in total. The first kappa shape index (κ1) is 38.9. The lowest BCUT2D eigenvalue weighted by Crippen LogP contribution is -2.09. The first-order valence-electron chi connectivity index (χ1n) is 22.5. The summed E-state index contributed by atoms with van der Waals surface area (Å²) in [6, 6.07) is 93.9. The lowest BCUT2D eigenvalue weighted by molar-refractivity contribution is 0.669. The van der Waals surface area contributed by atoms with E-state index in [-0.39, 0.29) is 0 Å². The van der Waals surface area contributed by atoms with Gasteiger partial charge in [0.2, 0.25) is 0 Å². The number of benzene rings is 11. The van der Waals surface area contributed by atoms with Crippen LogP contribution in [-0.4, -0.2) is 0 Å². The smallest absolute Gasteiger partial charge is 0.135 e. The molecule has 66 heavy (non-hydrogen) atoms. The predicted molar refractivity (Wildman–Crippen MR) is 279 cm³/mol. The molecule has 0 aliphatic heterocycles. The SMILES string of the molecule is c1ccc(-c2ccc(-c3ccc(N(c4ccc(-c5cccc(-c6cccc(-c7ccc8ccccc8c7)c6)c5)cc4)c4ccc(-c5ccc6oc7ccccc7c6c5)cc4)cc3)cc2)cc1. The number of furan rings is 1. The van der Waals surface area contributed by atoms with Crippen molar-refractivity contribution in [2.75, 3.05) is 4.90 Å². The molecule has 0 atom stereocenters. The van der Waals surface area contributed by atoms with E-state index in [1.807, 2.05) is 12.1 Å². The van der Waals surface area contributed by atoms with Crippen LogP contribution in [0.5, 0.6) is 0 Å². The van der Waals surface area contributed by atoms with Gasteiger partial charge in [-0.05, 0) is 150 Å². The van der Waals surface area contributed by atoms with Crippen molar-refractivity contribution in [3.63, 3.8) is 0 Å². The molecule has 0 saturated heterocycles. The lowest BCUT2D eigenvalue weighted by Gasteiger charge is -2.26. The average molecular weight is 842 g/mol. The summed E-state index contributed by atoms with van der Waals surface area (Å²) in [7, 11) is 0. The molecule has 12 rings (SSSR count). The highest BCUT2D eigenvalue weighted by molar-refractivity contribution is 6.06. The first-order valence-corrected chi connectivity index (χ1v) is 22.5. The molecule has 0 amide bonds. The largest absolute Gasteiger partial charge is 0.456 e. The van der Waals surface area contributed by atoms with Crippen LogP contribution in [0, 0.1) is 0 Å². The monoisotopic (exact) mass is 841 g/mol. The van der Waals surface area contributed by atoms with Crippen molar-refractivity contribution in [2.24, 2.45) is 0 Å². The fourth-order valence-electron chi connectivity index (χ4n) is 9.37. The molecule has 0 aliphatic rings. The van der Waals surface area contributed by atoms with Gasteiger partial charge >= 0.3 is 0 Å². The van der Waals surface area contributed by atoms with E-state index in [0.717, 1.165) is 55.7 Å². The Labute approximate surface area is 384 Å². The van der Waals surface area contributed by atoms with Crippen molar-refractivity contribution < 1.29 is 4.42 Å². The molecule has 0 bridgehead atoms. The van der Waals surface area contributed by atoms with Crippen LogP contribution in [0.15, 0.2) is 265 Å². The summed E-state index contributed by atoms with van der Waals surface area (Å²) < 4.78 is 6.14. The quantitative estimate of drug-likeness (QED) is 0.144. The maximum absolute atomic E-state index is 6.14. The second-order valence-corrected chi connectivity index (χ2v) is 17.0. The van der Waals surface area contributed by atoms with Crippen molar-refractivity contribution in [1.29, 1.82) is 0 Å². The van der Waals surface area contributed by atoms with Crippen molar-refractivity contribution in [3.05, 3.63) is 261 Å². The fourth-order valence-corrected chi connectivity index (χ4v) is 9.37. The van der Waals surface area contributed by atoms with E-state index >= 15 is 0 Å². The van der Waals surface area contributed by atoms with Gasteiger partial charge in [0.1, 0.15) is 11.2 Å². The third-order valence-electron chi connectivity index (χ3n) is 12.9. The summed E-state index contributed by atoms with van der Waals surface area (Å²) in [5, 5.41) is 4.77. The van der Waals surface area contributed by atoms with Crippen LogP contribution in [0.2, 0.25) is 0 Å². The van der Waals surface area contributed by atoms with Gasteiger partial charge in [0.05, 0.1) is 0 Å². The molecule has 2 nitrogen and oxygen atoms in total. The number of para-hydroxylation sites is 1. The van der Waals surface area contributed by atoms with Gasteiger partial charge in [0.15, 0.2) is 0 Å². The second-order valence-electron chi connectivity index (χ2n) is 17.0. The van der Waals surface area contributed by atoms with Gasteiger partial charge in [-0.2, -0.15) is 0 Å². The van der Waals surface area contributed by atoms with E-state index in [9.17, 15) is 0 Å². The minimum absolute atomic E-state index is 0.902. The highest BCUT2D eigenvalue weighted by Gasteiger charge is 2.15. The third kappa shape index (κ3) is 7.51. The Morgan fingerprint density at radius 1 is 0.212 bits per heavy atom. The highest BCUT2D eigenvalue weighted by Crippen LogP contribution is 2.40. The predicted octanol–water partition coefficient (Wildman–Crippen LogP) is 18.2. The van der Waals surface area contributed by atoms with Gasteiger partial charge in [-0.25, -0.2) is 0 Å². The van der Waals surface area contributed by atoms with Gasteiger partial charge in [-0.3, -0.25) is 0 Å². The Morgan fingerprint density at radius 2 is 0.576 bits per heavy atom. The topological polar surface area (TPSA) is 16.4 Å². The highest BCUT2D eigenvalue weighted by atomic mass is 16.3. The van der Waals surface area contributed by atoms with Crippen LogP contribution in [0.4, 0.5) is 17.1 Å². The molecular weight excluding hydrogens is 799 g/mol. The maximum atomic E-state index is 6.14. The van der Waals surface area contributed by atoms with Crippen LogP contribution in [0.3, 0.4) is 0 Å². The van der Waals surface area contributed by atoms with Crippen LogP contribution in [0.25, 0.3) is 99.5 Å². The van der Waals surface area contributed by atoms with E-state index < -0.39 is 0 Å². The molecular formula is C64H43NO. The first-order chi connectivity index (χ1) is 32.7. The van der Waals surface area contributed by atoms with Crippen molar-refractivity contribution in [2.45, 2.75) is 0 Å². The Balaban J connectivity index is 0.864. The van der Waals surface area contributed by atoms with Crippen LogP contribution in [-0.2, 0) is 0 Å². The van der Waals surface area contributed by atoms with E-state index in [1.165, 1.54) is 60.8 Å². The molecule has 0 aliphatic carbocycles. The van der Waals surface area contributed by atoms with Gasteiger partial charge in [-0.1, -0.05) is 188 Å². The molecule has 2 heteroatoms. The average Bonchev–Trinajstić information content (AvgIpc) is 3.78. The van der Waals surface area contributed by atoms with Crippen molar-refractivity contribution >= 4 is 49.8 Å². The minimum Gasteiger partial charge on any atom is -0.456 e. The molecule has 12 aromatic rings. The Kier molecular flexibility index (Phi) is 9.89. The third-order valence-corrected chi connectivity index (χ3v) is 12.9. The molecule has 11 aromatic carbocycles. The molecule has 0 fully saturated rings. The summed E-state index contributed by atoms with van der Waals surface area (Å²) in [5.41, 5.74) is 19.3. The Morgan fingerprint density at radius 3 is 1.15 bits per heavy atom. The summed E-state index contributed by atoms with van der Waals surface area (Å²) in [4.78, 5) is 2.34. The number of nitrogens with zero attached hydrogens (tertiary/aromatic N) is 1. The summed E-state index contributed by atoms with van der Waals surface area (Å²) in [5.74, 6) is 0. The normalized spacial score (nSPS) is 11.3. The number of hydrogen-bond acceptors (Lipinski definition) is 2. The maximum Gasteiger partial charge on any atom is 0.135 e. The van der Waals surface area contributed by atoms with Gasteiger partial charge in [0, 0.05) is 27.8 Å². The number of hydrogen-bond donors (Lipinski definition) is 0. The molecule has 0 saturated carbocycles. The van der Waals surface area contributed by atoms with Crippen molar-refractivity contribution in [1.82, 2.24) is 0 Å². The zero-order valence-electron chi connectivity index (χ0n) is 36.2. The standard InChI is InChI=1S/C64H43NO/c1-2-10-44(11-3-1)46-20-22-47(23-21-46)48-26-33-58(34-27-48)65(60-37-30-50(31-38-60)57-32-39-64-62(43-57)61-18-6-7-19-63(61)66-64)59-35-28-49(29-36-59)52-14-8-15-53(40-52)54-16-9-17-55(42-54)56-25-24-45-12-4-5-13-51(45)41-56/h1-43H. The van der Waals surface area contributed by atoms with Gasteiger partial charge in [0.25, 0.3) is 0 Å². The summed E-state index contributed by atoms with van der Waals surface area (Å²) >= 11 is 0. The molecule has 310 valence electrons. The molecule has 1 aromatic heterocycles. The van der Waals surface area contributed by atoms with E-state index in [0.29, 0.717) is 0 Å². The zero-order chi connectivity index (χ0) is 43.8. The second kappa shape index (κ2) is 16.8. The van der Waals surface area contributed by atoms with E-state index in [4.69, 9.17) is 4.42 Å². The van der Waals surface area contributed by atoms with E-state index in [2.05, 4.69) is 254 Å².